The van der Waals surface area contributed by atoms with E-state index in [9.17, 15) is 4.79 Å². The normalized spacial score (nSPS) is 25.6. The summed E-state index contributed by atoms with van der Waals surface area (Å²) in [5, 5.41) is 3.25. The third-order valence-corrected chi connectivity index (χ3v) is 4.82. The van der Waals surface area contributed by atoms with Gasteiger partial charge in [-0.25, -0.2) is 0 Å². The maximum atomic E-state index is 12.4. The van der Waals surface area contributed by atoms with E-state index in [4.69, 9.17) is 5.73 Å². The minimum Gasteiger partial charge on any atom is -0.353 e. The van der Waals surface area contributed by atoms with E-state index in [-0.39, 0.29) is 11.3 Å². The maximum absolute atomic E-state index is 12.4. The van der Waals surface area contributed by atoms with Crippen molar-refractivity contribution in [1.82, 2.24) is 5.32 Å². The summed E-state index contributed by atoms with van der Waals surface area (Å²) >= 11 is 0. The molecule has 0 spiro atoms. The fourth-order valence-electron chi connectivity index (χ4n) is 2.92. The molecule has 0 aliphatic heterocycles. The van der Waals surface area contributed by atoms with E-state index in [1.807, 2.05) is 0 Å². The predicted octanol–water partition coefficient (Wildman–Crippen LogP) is 2.84. The molecule has 0 heterocycles. The lowest BCUT2D eigenvalue weighted by molar-refractivity contribution is -0.131. The molecule has 2 unspecified atom stereocenters. The highest BCUT2D eigenvalue weighted by molar-refractivity contribution is 5.83. The molecule has 0 aromatic rings. The second-order valence-corrected chi connectivity index (χ2v) is 5.98. The number of amides is 1. The highest BCUT2D eigenvalue weighted by Crippen LogP contribution is 2.27. The average molecular weight is 254 g/mol. The van der Waals surface area contributed by atoms with Gasteiger partial charge in [0.05, 0.1) is 5.41 Å². The highest BCUT2D eigenvalue weighted by Gasteiger charge is 2.34. The largest absolute Gasteiger partial charge is 0.353 e. The van der Waals surface area contributed by atoms with E-state index in [0.717, 1.165) is 31.6 Å². The van der Waals surface area contributed by atoms with Crippen LogP contribution in [0.2, 0.25) is 0 Å². The third-order valence-electron chi connectivity index (χ3n) is 4.82. The summed E-state index contributed by atoms with van der Waals surface area (Å²) in [7, 11) is 0. The standard InChI is InChI=1S/C15H30N2O/c1-4-15(5-2,11-16)14(18)17-13-8-6-7-12(3)9-10-13/h12-13H,4-11,16H2,1-3H3,(H,17,18). The van der Waals surface area contributed by atoms with Gasteiger partial charge in [-0.2, -0.15) is 0 Å². The summed E-state index contributed by atoms with van der Waals surface area (Å²) in [4.78, 5) is 12.4. The van der Waals surface area contributed by atoms with Gasteiger partial charge in [-0.05, 0) is 38.0 Å². The van der Waals surface area contributed by atoms with Crippen LogP contribution in [0, 0.1) is 11.3 Å². The number of carbonyl (C=O) groups is 1. The Morgan fingerprint density at radius 3 is 2.44 bits per heavy atom. The molecule has 3 heteroatoms. The van der Waals surface area contributed by atoms with E-state index in [2.05, 4.69) is 26.1 Å². The van der Waals surface area contributed by atoms with Crippen LogP contribution < -0.4 is 11.1 Å². The highest BCUT2D eigenvalue weighted by atomic mass is 16.2. The van der Waals surface area contributed by atoms with Gasteiger partial charge in [0.25, 0.3) is 0 Å². The van der Waals surface area contributed by atoms with Crippen LogP contribution >= 0.6 is 0 Å². The number of nitrogens with two attached hydrogens (primary N) is 1. The van der Waals surface area contributed by atoms with Crippen LogP contribution in [0.15, 0.2) is 0 Å². The van der Waals surface area contributed by atoms with Gasteiger partial charge in [-0.3, -0.25) is 4.79 Å². The molecule has 0 radical (unpaired) electrons. The van der Waals surface area contributed by atoms with E-state index >= 15 is 0 Å². The first-order valence-electron chi connectivity index (χ1n) is 7.59. The lowest BCUT2D eigenvalue weighted by Crippen LogP contribution is -2.48. The molecular formula is C15H30N2O. The van der Waals surface area contributed by atoms with E-state index in [1.165, 1.54) is 19.3 Å². The van der Waals surface area contributed by atoms with Gasteiger partial charge in [0, 0.05) is 12.6 Å². The fourth-order valence-corrected chi connectivity index (χ4v) is 2.92. The molecule has 0 saturated heterocycles. The van der Waals surface area contributed by atoms with E-state index < -0.39 is 0 Å². The van der Waals surface area contributed by atoms with Crippen LogP contribution in [-0.4, -0.2) is 18.5 Å². The maximum Gasteiger partial charge on any atom is 0.227 e. The van der Waals surface area contributed by atoms with E-state index in [1.54, 1.807) is 0 Å². The van der Waals surface area contributed by atoms with Crippen molar-refractivity contribution in [2.24, 2.45) is 17.1 Å². The Morgan fingerprint density at radius 2 is 1.89 bits per heavy atom. The number of rotatable bonds is 5. The molecule has 0 aromatic carbocycles. The molecule has 1 amide bonds. The molecular weight excluding hydrogens is 224 g/mol. The van der Waals surface area contributed by atoms with Crippen molar-refractivity contribution in [3.05, 3.63) is 0 Å². The summed E-state index contributed by atoms with van der Waals surface area (Å²) < 4.78 is 0. The molecule has 18 heavy (non-hydrogen) atoms. The lowest BCUT2D eigenvalue weighted by atomic mass is 9.81. The Labute approximate surface area is 112 Å². The quantitative estimate of drug-likeness (QED) is 0.741. The fraction of sp³-hybridized carbons (Fsp3) is 0.933. The summed E-state index contributed by atoms with van der Waals surface area (Å²) in [5.74, 6) is 0.984. The Bertz CT molecular complexity index is 253. The van der Waals surface area contributed by atoms with Crippen molar-refractivity contribution in [2.75, 3.05) is 6.54 Å². The summed E-state index contributed by atoms with van der Waals surface area (Å²) in [5.41, 5.74) is 5.48. The van der Waals surface area contributed by atoms with Crippen LogP contribution in [0.1, 0.15) is 65.7 Å². The minimum absolute atomic E-state index is 0.176. The van der Waals surface area contributed by atoms with Crippen molar-refractivity contribution in [1.29, 1.82) is 0 Å². The first-order valence-corrected chi connectivity index (χ1v) is 7.59. The third kappa shape index (κ3) is 3.71. The van der Waals surface area contributed by atoms with E-state index in [0.29, 0.717) is 12.6 Å². The first kappa shape index (κ1) is 15.5. The molecule has 0 bridgehead atoms. The van der Waals surface area contributed by atoms with Crippen LogP contribution in [0.25, 0.3) is 0 Å². The zero-order valence-electron chi connectivity index (χ0n) is 12.3. The molecule has 3 N–H and O–H groups in total. The van der Waals surface area contributed by atoms with Gasteiger partial charge in [0.2, 0.25) is 5.91 Å². The molecule has 1 aliphatic rings. The Morgan fingerprint density at radius 1 is 1.22 bits per heavy atom. The summed E-state index contributed by atoms with van der Waals surface area (Å²) in [6, 6.07) is 0.367. The predicted molar refractivity (Wildman–Crippen MR) is 76.2 cm³/mol. The van der Waals surface area contributed by atoms with Gasteiger partial charge < -0.3 is 11.1 Å². The SMILES string of the molecule is CCC(CC)(CN)C(=O)NC1CCCC(C)CC1. The first-order chi connectivity index (χ1) is 8.57. The van der Waals surface area contributed by atoms with Gasteiger partial charge >= 0.3 is 0 Å². The molecule has 106 valence electrons. The van der Waals surface area contributed by atoms with Crippen LogP contribution in [0.4, 0.5) is 0 Å². The smallest absolute Gasteiger partial charge is 0.227 e. The van der Waals surface area contributed by atoms with Crippen molar-refractivity contribution < 1.29 is 4.79 Å². The second kappa shape index (κ2) is 7.13. The van der Waals surface area contributed by atoms with Gasteiger partial charge in [-0.1, -0.05) is 33.6 Å². The number of hydrogen-bond acceptors (Lipinski definition) is 2. The minimum atomic E-state index is -0.349. The Hall–Kier alpha value is -0.570. The second-order valence-electron chi connectivity index (χ2n) is 5.98. The lowest BCUT2D eigenvalue weighted by Gasteiger charge is -2.31. The van der Waals surface area contributed by atoms with Crippen molar-refractivity contribution in [2.45, 2.75) is 71.8 Å². The van der Waals surface area contributed by atoms with Crippen molar-refractivity contribution in [3.8, 4) is 0 Å². The number of nitrogens with one attached hydrogen (secondary N) is 1. The Kier molecular flexibility index (Phi) is 6.13. The number of hydrogen-bond donors (Lipinski definition) is 2. The van der Waals surface area contributed by atoms with Crippen LogP contribution in [-0.2, 0) is 4.79 Å². The molecule has 0 aromatic heterocycles. The average Bonchev–Trinajstić information content (AvgIpc) is 2.57. The zero-order chi connectivity index (χ0) is 13.6. The molecule has 1 aliphatic carbocycles. The molecule has 1 rings (SSSR count). The number of carbonyl (C=O) groups excluding carboxylic acids is 1. The molecule has 1 fully saturated rings. The molecule has 3 nitrogen and oxygen atoms in total. The van der Waals surface area contributed by atoms with Crippen LogP contribution in [0.3, 0.4) is 0 Å². The van der Waals surface area contributed by atoms with Crippen molar-refractivity contribution >= 4 is 5.91 Å². The van der Waals surface area contributed by atoms with Gasteiger partial charge in [-0.15, -0.1) is 0 Å². The molecule has 2 atom stereocenters. The Balaban J connectivity index is 2.57. The van der Waals surface area contributed by atoms with Gasteiger partial charge in [0.1, 0.15) is 0 Å². The topological polar surface area (TPSA) is 55.1 Å². The zero-order valence-corrected chi connectivity index (χ0v) is 12.3. The van der Waals surface area contributed by atoms with Gasteiger partial charge in [0.15, 0.2) is 0 Å². The summed E-state index contributed by atoms with van der Waals surface area (Å²) in [6.07, 6.45) is 7.68. The molecule has 1 saturated carbocycles. The van der Waals surface area contributed by atoms with Crippen molar-refractivity contribution in [3.63, 3.8) is 0 Å². The summed E-state index contributed by atoms with van der Waals surface area (Å²) in [6.45, 7) is 6.89. The monoisotopic (exact) mass is 254 g/mol. The van der Waals surface area contributed by atoms with Crippen LogP contribution in [0.5, 0.6) is 0 Å².